The maximum absolute atomic E-state index is 7.14. The Morgan fingerprint density at radius 1 is 0.194 bits per heavy atom. The third-order valence-corrected chi connectivity index (χ3v) is 15.6. The summed E-state index contributed by atoms with van der Waals surface area (Å²) in [6.07, 6.45) is 0. The molecule has 0 spiro atoms. The average Bonchev–Trinajstić information content (AvgIpc) is 4.03. The number of rotatable bonds is 4. The standard InChI is InChI=1S/C70H40O2/c1-3-17-43-37-45(31-29-41(43)15-1)63-49-19-5-9-23-53(49)65(54-24-10-6-20-50(54)63)47-33-35-59-61(39-47)71-69-67(59)57-27-13-14-28-58(57)68-60-36-34-48(40-62(60)72-70(68)69)66-55-25-11-7-21-51(55)64(52-22-8-12-26-56(52)66)46-32-30-42-16-2-4-18-44(42)38-46/h1-40H. The van der Waals surface area contributed by atoms with E-state index in [9.17, 15) is 0 Å². The van der Waals surface area contributed by atoms with E-state index < -0.39 is 0 Å². The van der Waals surface area contributed by atoms with E-state index in [2.05, 4.69) is 243 Å². The summed E-state index contributed by atoms with van der Waals surface area (Å²) in [5, 5.41) is 21.3. The van der Waals surface area contributed by atoms with Crippen LogP contribution < -0.4 is 0 Å². The zero-order valence-electron chi connectivity index (χ0n) is 38.9. The first-order valence-corrected chi connectivity index (χ1v) is 24.8. The molecule has 0 radical (unpaired) electrons. The van der Waals surface area contributed by atoms with Gasteiger partial charge in [-0.3, -0.25) is 0 Å². The molecule has 2 nitrogen and oxygen atoms in total. The second-order valence-corrected chi connectivity index (χ2v) is 19.4. The van der Waals surface area contributed by atoms with Crippen molar-refractivity contribution in [1.82, 2.24) is 0 Å². The number of furan rings is 2. The van der Waals surface area contributed by atoms with E-state index in [0.717, 1.165) is 65.8 Å². The van der Waals surface area contributed by atoms with Crippen molar-refractivity contribution < 1.29 is 8.83 Å². The van der Waals surface area contributed by atoms with E-state index in [-0.39, 0.29) is 0 Å². The highest BCUT2D eigenvalue weighted by molar-refractivity contribution is 6.34. The fourth-order valence-electron chi connectivity index (χ4n) is 12.5. The van der Waals surface area contributed by atoms with Gasteiger partial charge in [-0.25, -0.2) is 0 Å². The molecule has 16 aromatic rings. The summed E-state index contributed by atoms with van der Waals surface area (Å²) >= 11 is 0. The summed E-state index contributed by atoms with van der Waals surface area (Å²) in [5.74, 6) is 0. The van der Waals surface area contributed by atoms with E-state index in [4.69, 9.17) is 8.83 Å². The van der Waals surface area contributed by atoms with Crippen molar-refractivity contribution >= 4 is 119 Å². The predicted octanol–water partition coefficient (Wildman–Crippen LogP) is 20.2. The van der Waals surface area contributed by atoms with Gasteiger partial charge in [0.1, 0.15) is 11.2 Å². The van der Waals surface area contributed by atoms with Gasteiger partial charge in [-0.15, -0.1) is 0 Å². The Morgan fingerprint density at radius 2 is 0.458 bits per heavy atom. The molecule has 0 aliphatic heterocycles. The quantitative estimate of drug-likeness (QED) is 0.164. The number of benzene rings is 14. The van der Waals surface area contributed by atoms with Crippen LogP contribution in [-0.2, 0) is 0 Å². The lowest BCUT2D eigenvalue weighted by molar-refractivity contribution is 0.634. The van der Waals surface area contributed by atoms with Gasteiger partial charge in [0.25, 0.3) is 0 Å². The summed E-state index contributed by atoms with van der Waals surface area (Å²) in [7, 11) is 0. The Kier molecular flexibility index (Phi) is 8.20. The molecule has 0 saturated heterocycles. The minimum atomic E-state index is 0.769. The van der Waals surface area contributed by atoms with Crippen molar-refractivity contribution in [3.8, 4) is 44.5 Å². The third-order valence-electron chi connectivity index (χ3n) is 15.6. The van der Waals surface area contributed by atoms with Gasteiger partial charge in [0, 0.05) is 21.5 Å². The fourth-order valence-corrected chi connectivity index (χ4v) is 12.5. The summed E-state index contributed by atoms with van der Waals surface area (Å²) in [6.45, 7) is 0. The summed E-state index contributed by atoms with van der Waals surface area (Å²) < 4.78 is 14.3. The van der Waals surface area contributed by atoms with Crippen LogP contribution in [0.25, 0.3) is 164 Å². The van der Waals surface area contributed by atoms with Gasteiger partial charge in [-0.1, -0.05) is 206 Å². The highest BCUT2D eigenvalue weighted by Gasteiger charge is 2.24. The lowest BCUT2D eigenvalue weighted by Crippen LogP contribution is -1.91. The van der Waals surface area contributed by atoms with Crippen LogP contribution in [0.2, 0.25) is 0 Å². The molecule has 72 heavy (non-hydrogen) atoms. The molecule has 2 heterocycles. The van der Waals surface area contributed by atoms with Crippen molar-refractivity contribution in [2.45, 2.75) is 0 Å². The zero-order valence-corrected chi connectivity index (χ0v) is 38.9. The molecule has 0 N–H and O–H groups in total. The van der Waals surface area contributed by atoms with Crippen LogP contribution in [0, 0.1) is 0 Å². The molecule has 332 valence electrons. The molecule has 0 saturated carbocycles. The molecular formula is C70H40O2. The van der Waals surface area contributed by atoms with Crippen LogP contribution >= 0.6 is 0 Å². The van der Waals surface area contributed by atoms with E-state index in [1.54, 1.807) is 0 Å². The molecule has 0 bridgehead atoms. The predicted molar refractivity (Wildman–Crippen MR) is 305 cm³/mol. The summed E-state index contributed by atoms with van der Waals surface area (Å²) in [5.41, 5.74) is 12.8. The van der Waals surface area contributed by atoms with Gasteiger partial charge in [0.2, 0.25) is 0 Å². The van der Waals surface area contributed by atoms with Crippen molar-refractivity contribution in [1.29, 1.82) is 0 Å². The molecule has 14 aromatic carbocycles. The number of hydrogen-bond acceptors (Lipinski definition) is 2. The van der Waals surface area contributed by atoms with Crippen LogP contribution in [0.4, 0.5) is 0 Å². The molecule has 0 aliphatic carbocycles. The van der Waals surface area contributed by atoms with Crippen molar-refractivity contribution in [3.63, 3.8) is 0 Å². The van der Waals surface area contributed by atoms with Crippen molar-refractivity contribution in [2.75, 3.05) is 0 Å². The van der Waals surface area contributed by atoms with Gasteiger partial charge in [0.05, 0.1) is 0 Å². The minimum absolute atomic E-state index is 0.769. The normalized spacial score (nSPS) is 12.2. The van der Waals surface area contributed by atoms with Gasteiger partial charge >= 0.3 is 0 Å². The minimum Gasteiger partial charge on any atom is -0.452 e. The highest BCUT2D eigenvalue weighted by Crippen LogP contribution is 2.50. The molecule has 0 unspecified atom stereocenters. The molecule has 0 aliphatic rings. The molecule has 16 rings (SSSR count). The number of hydrogen-bond donors (Lipinski definition) is 0. The summed E-state index contributed by atoms with van der Waals surface area (Å²) in [4.78, 5) is 0. The molecule has 0 atom stereocenters. The number of fused-ring (bicyclic) bond motifs is 16. The van der Waals surface area contributed by atoms with E-state index >= 15 is 0 Å². The summed E-state index contributed by atoms with van der Waals surface area (Å²) in [6, 6.07) is 88.7. The second kappa shape index (κ2) is 15.0. The SMILES string of the molecule is c1ccc2cc(-c3c4ccccc4c(-c4ccc5c(c4)oc4c6oc7cc(-c8c9ccccc9c(-c9ccc%10ccccc%10c9)c9ccccc89)ccc7c6c6ccccc6c54)c4ccccc34)ccc2c1. The van der Waals surface area contributed by atoms with Crippen LogP contribution in [0.1, 0.15) is 0 Å². The van der Waals surface area contributed by atoms with Crippen LogP contribution in [-0.4, -0.2) is 0 Å². The first-order valence-electron chi connectivity index (χ1n) is 24.8. The van der Waals surface area contributed by atoms with E-state index in [0.29, 0.717) is 0 Å². The maximum atomic E-state index is 7.14. The smallest absolute Gasteiger partial charge is 0.179 e. The lowest BCUT2D eigenvalue weighted by Gasteiger charge is -2.18. The van der Waals surface area contributed by atoms with Gasteiger partial charge in [0.15, 0.2) is 11.2 Å². The monoisotopic (exact) mass is 912 g/mol. The van der Waals surface area contributed by atoms with Gasteiger partial charge < -0.3 is 8.83 Å². The first-order chi connectivity index (χ1) is 35.7. The Bertz CT molecular complexity index is 4560. The average molecular weight is 913 g/mol. The molecule has 2 aromatic heterocycles. The Balaban J connectivity index is 0.903. The van der Waals surface area contributed by atoms with Crippen molar-refractivity contribution in [2.24, 2.45) is 0 Å². The first kappa shape index (κ1) is 39.4. The fraction of sp³-hybridized carbons (Fsp3) is 0. The van der Waals surface area contributed by atoms with E-state index in [1.165, 1.54) is 98.0 Å². The molecular weight excluding hydrogens is 873 g/mol. The van der Waals surface area contributed by atoms with Gasteiger partial charge in [-0.05, 0) is 156 Å². The van der Waals surface area contributed by atoms with Crippen LogP contribution in [0.5, 0.6) is 0 Å². The zero-order chi connectivity index (χ0) is 47.0. The topological polar surface area (TPSA) is 26.3 Å². The third kappa shape index (κ3) is 5.60. The Morgan fingerprint density at radius 3 is 0.792 bits per heavy atom. The maximum Gasteiger partial charge on any atom is 0.179 e. The molecule has 0 fully saturated rings. The van der Waals surface area contributed by atoms with Crippen molar-refractivity contribution in [3.05, 3.63) is 243 Å². The van der Waals surface area contributed by atoms with E-state index in [1.807, 2.05) is 0 Å². The van der Waals surface area contributed by atoms with Gasteiger partial charge in [-0.2, -0.15) is 0 Å². The Labute approximate surface area is 413 Å². The Hall–Kier alpha value is -9.50. The molecule has 2 heteroatoms. The largest absolute Gasteiger partial charge is 0.452 e. The lowest BCUT2D eigenvalue weighted by atomic mass is 9.85. The second-order valence-electron chi connectivity index (χ2n) is 19.4. The highest BCUT2D eigenvalue weighted by atomic mass is 16.4. The van der Waals surface area contributed by atoms with Crippen LogP contribution in [0.3, 0.4) is 0 Å². The van der Waals surface area contributed by atoms with Crippen LogP contribution in [0.15, 0.2) is 251 Å². The molecule has 0 amide bonds.